The molecule has 0 saturated carbocycles. The Hall–Kier alpha value is -1.66. The first-order chi connectivity index (χ1) is 8.76. The Morgan fingerprint density at radius 1 is 1.42 bits per heavy atom. The van der Waals surface area contributed by atoms with Crippen LogP contribution in [0.25, 0.3) is 0 Å². The van der Waals surface area contributed by atoms with Crippen LogP contribution < -0.4 is 0 Å². The number of alkyl halides is 3. The maximum absolute atomic E-state index is 12.3. The van der Waals surface area contributed by atoms with E-state index in [4.69, 9.17) is 5.11 Å². The fourth-order valence-corrected chi connectivity index (χ4v) is 2.32. The fourth-order valence-electron chi connectivity index (χ4n) is 2.32. The van der Waals surface area contributed by atoms with Crippen LogP contribution in [0.3, 0.4) is 0 Å². The average Bonchev–Trinajstić information content (AvgIpc) is 2.26. The van der Waals surface area contributed by atoms with Gasteiger partial charge >= 0.3 is 12.1 Å². The van der Waals surface area contributed by atoms with E-state index in [0.29, 0.717) is 36.2 Å². The monoisotopic (exact) mass is 274 g/mol. The smallest absolute Gasteiger partial charge is 0.396 e. The first-order valence-corrected chi connectivity index (χ1v) is 5.91. The molecule has 1 N–H and O–H groups in total. The number of fused-ring (bicyclic) bond motifs is 1. The number of carboxylic acid groups (broad SMARTS) is 1. The normalized spacial score (nSPS) is 19.1. The van der Waals surface area contributed by atoms with Crippen molar-refractivity contribution in [2.24, 2.45) is 5.92 Å². The molecule has 0 fully saturated rings. The van der Waals surface area contributed by atoms with Gasteiger partial charge in [0, 0.05) is 11.4 Å². The van der Waals surface area contributed by atoms with E-state index < -0.39 is 24.5 Å². The molecule has 0 aliphatic heterocycles. The highest BCUT2D eigenvalue weighted by Crippen LogP contribution is 2.27. The van der Waals surface area contributed by atoms with Crippen LogP contribution >= 0.6 is 0 Å². The second kappa shape index (κ2) is 4.79. The highest BCUT2D eigenvalue weighted by molar-refractivity contribution is 5.71. The van der Waals surface area contributed by atoms with E-state index in [1.807, 2.05) is 0 Å². The maximum atomic E-state index is 12.3. The van der Waals surface area contributed by atoms with E-state index in [2.05, 4.69) is 9.97 Å². The predicted molar refractivity (Wildman–Crippen MR) is 59.7 cm³/mol. The highest BCUT2D eigenvalue weighted by atomic mass is 19.4. The molecule has 1 aromatic rings. The number of nitrogens with zero attached hydrogens (tertiary/aromatic N) is 2. The molecule has 1 unspecified atom stereocenters. The quantitative estimate of drug-likeness (QED) is 0.896. The van der Waals surface area contributed by atoms with Gasteiger partial charge in [-0.3, -0.25) is 4.79 Å². The van der Waals surface area contributed by atoms with Crippen molar-refractivity contribution in [2.45, 2.75) is 38.8 Å². The molecule has 1 heterocycles. The van der Waals surface area contributed by atoms with Crippen LogP contribution in [0.1, 0.15) is 29.2 Å². The van der Waals surface area contributed by atoms with Crippen molar-refractivity contribution in [3.63, 3.8) is 0 Å². The predicted octanol–water partition coefficient (Wildman–Crippen LogP) is 2.08. The van der Waals surface area contributed by atoms with Crippen LogP contribution in [-0.4, -0.2) is 27.2 Å². The molecule has 1 aliphatic rings. The van der Waals surface area contributed by atoms with Gasteiger partial charge in [0.25, 0.3) is 0 Å². The number of hydrogen-bond acceptors (Lipinski definition) is 3. The molecular weight excluding hydrogens is 261 g/mol. The van der Waals surface area contributed by atoms with Crippen LogP contribution in [0.5, 0.6) is 0 Å². The Kier molecular flexibility index (Phi) is 3.47. The molecule has 19 heavy (non-hydrogen) atoms. The van der Waals surface area contributed by atoms with Crippen molar-refractivity contribution in [1.82, 2.24) is 9.97 Å². The first kappa shape index (κ1) is 13.8. The molecule has 0 amide bonds. The summed E-state index contributed by atoms with van der Waals surface area (Å²) in [6, 6.07) is 0. The summed E-state index contributed by atoms with van der Waals surface area (Å²) in [5.74, 6) is -1.62. The van der Waals surface area contributed by atoms with Gasteiger partial charge in [-0.2, -0.15) is 13.2 Å². The molecule has 0 radical (unpaired) electrons. The molecule has 1 aromatic heterocycles. The minimum absolute atomic E-state index is 0.238. The summed E-state index contributed by atoms with van der Waals surface area (Å²) in [6.45, 7) is 1.60. The first-order valence-electron chi connectivity index (χ1n) is 5.91. The third kappa shape index (κ3) is 3.21. The Morgan fingerprint density at radius 2 is 2.11 bits per heavy atom. The van der Waals surface area contributed by atoms with E-state index >= 15 is 0 Å². The van der Waals surface area contributed by atoms with Gasteiger partial charge in [0.2, 0.25) is 0 Å². The lowest BCUT2D eigenvalue weighted by Gasteiger charge is -2.22. The maximum Gasteiger partial charge on any atom is 0.396 e. The van der Waals surface area contributed by atoms with Crippen molar-refractivity contribution in [2.75, 3.05) is 0 Å². The molecule has 0 aromatic carbocycles. The van der Waals surface area contributed by atoms with Gasteiger partial charge in [0.1, 0.15) is 12.2 Å². The Bertz CT molecular complexity index is 514. The van der Waals surface area contributed by atoms with Crippen LogP contribution in [0, 0.1) is 12.8 Å². The third-order valence-electron chi connectivity index (χ3n) is 3.23. The topological polar surface area (TPSA) is 63.1 Å². The largest absolute Gasteiger partial charge is 0.481 e. The Labute approximate surface area is 107 Å². The lowest BCUT2D eigenvalue weighted by molar-refractivity contribution is -0.142. The number of aliphatic carboxylic acids is 1. The summed E-state index contributed by atoms with van der Waals surface area (Å²) in [6.07, 6.45) is -4.39. The lowest BCUT2D eigenvalue weighted by Crippen LogP contribution is -2.25. The molecule has 1 aliphatic carbocycles. The van der Waals surface area contributed by atoms with Crippen LogP contribution in [0.2, 0.25) is 0 Å². The molecule has 7 heteroatoms. The van der Waals surface area contributed by atoms with Gasteiger partial charge in [-0.05, 0) is 31.7 Å². The van der Waals surface area contributed by atoms with E-state index in [0.717, 1.165) is 0 Å². The minimum Gasteiger partial charge on any atom is -0.481 e. The van der Waals surface area contributed by atoms with Crippen molar-refractivity contribution < 1.29 is 23.1 Å². The van der Waals surface area contributed by atoms with E-state index in [-0.39, 0.29) is 5.82 Å². The Balaban J connectivity index is 2.29. The summed E-state index contributed by atoms with van der Waals surface area (Å²) in [4.78, 5) is 18.7. The zero-order valence-electron chi connectivity index (χ0n) is 10.3. The minimum atomic E-state index is -4.33. The second-order valence-corrected chi connectivity index (χ2v) is 4.72. The molecule has 104 valence electrons. The SMILES string of the molecule is Cc1nc(CC(F)(F)F)nc2c1CC(C(=O)O)CC2. The highest BCUT2D eigenvalue weighted by Gasteiger charge is 2.32. The standard InChI is InChI=1S/C12H13F3N2O2/c1-6-8-4-7(11(18)19)2-3-9(8)17-10(16-6)5-12(13,14)15/h7H,2-5H2,1H3,(H,18,19). The zero-order valence-corrected chi connectivity index (χ0v) is 10.3. The Morgan fingerprint density at radius 3 is 2.68 bits per heavy atom. The van der Waals surface area contributed by atoms with Gasteiger partial charge in [0.15, 0.2) is 0 Å². The van der Waals surface area contributed by atoms with E-state index in [1.54, 1.807) is 6.92 Å². The van der Waals surface area contributed by atoms with Gasteiger partial charge in [-0.25, -0.2) is 9.97 Å². The number of carbonyl (C=O) groups is 1. The number of carboxylic acids is 1. The number of aryl methyl sites for hydroxylation is 2. The van der Waals surface area contributed by atoms with Crippen LogP contribution in [-0.2, 0) is 24.1 Å². The van der Waals surface area contributed by atoms with Crippen molar-refractivity contribution >= 4 is 5.97 Å². The second-order valence-electron chi connectivity index (χ2n) is 4.72. The molecule has 1 atom stereocenters. The van der Waals surface area contributed by atoms with E-state index in [1.165, 1.54) is 0 Å². The third-order valence-corrected chi connectivity index (χ3v) is 3.23. The summed E-state index contributed by atoms with van der Waals surface area (Å²) >= 11 is 0. The van der Waals surface area contributed by atoms with Crippen molar-refractivity contribution in [3.8, 4) is 0 Å². The molecule has 0 saturated heterocycles. The number of aromatic nitrogens is 2. The van der Waals surface area contributed by atoms with Gasteiger partial charge < -0.3 is 5.11 Å². The summed E-state index contributed by atoms with van der Waals surface area (Å²) in [7, 11) is 0. The van der Waals surface area contributed by atoms with Crippen molar-refractivity contribution in [1.29, 1.82) is 0 Å². The average molecular weight is 274 g/mol. The van der Waals surface area contributed by atoms with Gasteiger partial charge in [-0.15, -0.1) is 0 Å². The number of halogens is 3. The number of hydrogen-bond donors (Lipinski definition) is 1. The molecule has 2 rings (SSSR count). The molecule has 0 spiro atoms. The zero-order chi connectivity index (χ0) is 14.2. The summed E-state index contributed by atoms with van der Waals surface area (Å²) in [5.41, 5.74) is 1.70. The molecular formula is C12H13F3N2O2. The van der Waals surface area contributed by atoms with Crippen molar-refractivity contribution in [3.05, 3.63) is 22.8 Å². The summed E-state index contributed by atoms with van der Waals surface area (Å²) in [5, 5.41) is 8.97. The molecule has 4 nitrogen and oxygen atoms in total. The van der Waals surface area contributed by atoms with Crippen LogP contribution in [0.15, 0.2) is 0 Å². The lowest BCUT2D eigenvalue weighted by atomic mass is 9.86. The number of rotatable bonds is 2. The van der Waals surface area contributed by atoms with Gasteiger partial charge in [0.05, 0.1) is 5.92 Å². The molecule has 0 bridgehead atoms. The fraction of sp³-hybridized carbons (Fsp3) is 0.583. The summed E-state index contributed by atoms with van der Waals surface area (Å²) < 4.78 is 36.9. The van der Waals surface area contributed by atoms with Crippen LogP contribution in [0.4, 0.5) is 13.2 Å². The van der Waals surface area contributed by atoms with Gasteiger partial charge in [-0.1, -0.05) is 0 Å². The van der Waals surface area contributed by atoms with E-state index in [9.17, 15) is 18.0 Å².